The largest absolute Gasteiger partial charge is 0.413 e. The number of hydrogen-bond donors (Lipinski definition) is 4. The molecule has 1 fully saturated rings. The Morgan fingerprint density at radius 1 is 1.12 bits per heavy atom. The summed E-state index contributed by atoms with van der Waals surface area (Å²) in [5, 5.41) is 27.7. The molecule has 0 saturated heterocycles. The molecule has 0 spiro atoms. The molecule has 0 bridgehead atoms. The van der Waals surface area contributed by atoms with Crippen molar-refractivity contribution in [3.63, 3.8) is 0 Å². The van der Waals surface area contributed by atoms with Gasteiger partial charge in [-0.05, 0) is 43.4 Å². The van der Waals surface area contributed by atoms with Crippen molar-refractivity contribution < 1.29 is 17.6 Å². The van der Waals surface area contributed by atoms with Crippen molar-refractivity contribution in [2.24, 2.45) is 5.41 Å². The highest BCUT2D eigenvalue weighted by Crippen LogP contribution is 2.53. The van der Waals surface area contributed by atoms with E-state index in [1.165, 1.54) is 24.5 Å². The van der Waals surface area contributed by atoms with Gasteiger partial charge in [0.2, 0.25) is 5.95 Å². The number of aromatic nitrogens is 2. The molecule has 2 aromatic heterocycles. The fourth-order valence-corrected chi connectivity index (χ4v) is 4.83. The molecule has 13 heteroatoms. The highest BCUT2D eigenvalue weighted by Gasteiger charge is 2.67. The second-order valence-corrected chi connectivity index (χ2v) is 11.7. The molecule has 1 aliphatic heterocycles. The summed E-state index contributed by atoms with van der Waals surface area (Å²) in [5.74, 6) is -0.798. The number of nitriles is 2. The topological polar surface area (TPSA) is 125 Å². The van der Waals surface area contributed by atoms with Gasteiger partial charge in [-0.2, -0.15) is 28.1 Å². The first kappa shape index (κ1) is 28.9. The van der Waals surface area contributed by atoms with Crippen LogP contribution in [0.1, 0.15) is 62.0 Å². The zero-order chi connectivity index (χ0) is 30.4. The molecular weight excluding hydrogens is 550 g/mol. The molecule has 218 valence electrons. The summed E-state index contributed by atoms with van der Waals surface area (Å²) >= 11 is 0. The number of rotatable bonds is 7. The number of benzene rings is 1. The minimum Gasteiger partial charge on any atom is -0.383 e. The summed E-state index contributed by atoms with van der Waals surface area (Å²) in [4.78, 5) is 8.26. The highest BCUT2D eigenvalue weighted by molar-refractivity contribution is 5.99. The lowest BCUT2D eigenvalue weighted by Crippen LogP contribution is -2.52. The van der Waals surface area contributed by atoms with Crippen LogP contribution in [0.25, 0.3) is 10.9 Å². The molecular formula is C29H29F4N9. The molecule has 1 atom stereocenters. The summed E-state index contributed by atoms with van der Waals surface area (Å²) in [6.45, 7) is 8.23. The van der Waals surface area contributed by atoms with E-state index in [0.29, 0.717) is 34.5 Å². The number of nitrogens with zero attached hydrogens (tertiary/aromatic N) is 5. The third-order valence-electron chi connectivity index (χ3n) is 7.26. The van der Waals surface area contributed by atoms with Gasteiger partial charge in [-0.15, -0.1) is 5.53 Å². The van der Waals surface area contributed by atoms with E-state index in [0.717, 1.165) is 5.01 Å². The van der Waals surface area contributed by atoms with Gasteiger partial charge in [-0.3, -0.25) is 9.99 Å². The van der Waals surface area contributed by atoms with Gasteiger partial charge in [0.05, 0.1) is 34.1 Å². The molecule has 3 aromatic rings. The molecule has 0 amide bonds. The van der Waals surface area contributed by atoms with E-state index >= 15 is 4.39 Å². The highest BCUT2D eigenvalue weighted by atomic mass is 19.4. The predicted octanol–water partition coefficient (Wildman–Crippen LogP) is 5.69. The van der Waals surface area contributed by atoms with Gasteiger partial charge in [0.15, 0.2) is 5.54 Å². The number of hydrazine groups is 2. The Balaban J connectivity index is 1.61. The van der Waals surface area contributed by atoms with E-state index in [2.05, 4.69) is 43.7 Å². The fraction of sp³-hybridized carbons (Fsp3) is 0.379. The smallest absolute Gasteiger partial charge is 0.383 e. The number of aryl methyl sites for hydroxylation is 1. The van der Waals surface area contributed by atoms with Gasteiger partial charge >= 0.3 is 6.18 Å². The first-order valence-corrected chi connectivity index (χ1v) is 13.3. The summed E-state index contributed by atoms with van der Waals surface area (Å²) in [6, 6.07) is 9.55. The third-order valence-corrected chi connectivity index (χ3v) is 7.26. The Kier molecular flexibility index (Phi) is 7.11. The molecule has 4 N–H and O–H groups in total. The number of nitrogens with one attached hydrogen (secondary N) is 4. The number of anilines is 2. The average Bonchev–Trinajstić information content (AvgIpc) is 3.61. The van der Waals surface area contributed by atoms with Crippen LogP contribution in [-0.4, -0.2) is 33.2 Å². The molecule has 9 nitrogen and oxygen atoms in total. The van der Waals surface area contributed by atoms with Crippen LogP contribution in [0.2, 0.25) is 0 Å². The van der Waals surface area contributed by atoms with Crippen LogP contribution in [0.15, 0.2) is 42.4 Å². The van der Waals surface area contributed by atoms with Gasteiger partial charge < -0.3 is 16.1 Å². The van der Waals surface area contributed by atoms with E-state index < -0.39 is 23.7 Å². The number of pyridine rings is 2. The number of halogens is 4. The van der Waals surface area contributed by atoms with Crippen molar-refractivity contribution in [1.82, 2.24) is 25.9 Å². The van der Waals surface area contributed by atoms with Gasteiger partial charge in [0.1, 0.15) is 12.1 Å². The SMILES string of the molecule is Cc1ccc([C@H](Nc2cc(C#N)c3ncc(C#N)c(NCC(C)(C)C)c3c2)C2=CN(C3(C(F)(F)F)CC3)NN2)c(F)n1. The lowest BCUT2D eigenvalue weighted by Gasteiger charge is -2.28. The zero-order valence-corrected chi connectivity index (χ0v) is 23.4. The maximum absolute atomic E-state index is 15.2. The fourth-order valence-electron chi connectivity index (χ4n) is 4.83. The Bertz CT molecular complexity index is 1660. The van der Waals surface area contributed by atoms with E-state index in [-0.39, 0.29) is 40.6 Å². The van der Waals surface area contributed by atoms with Crippen LogP contribution in [-0.2, 0) is 0 Å². The molecule has 5 rings (SSSR count). The molecule has 0 radical (unpaired) electrons. The quantitative estimate of drug-likeness (QED) is 0.206. The summed E-state index contributed by atoms with van der Waals surface area (Å²) in [6.07, 6.45) is -1.96. The van der Waals surface area contributed by atoms with E-state index in [1.54, 1.807) is 19.1 Å². The van der Waals surface area contributed by atoms with Crippen LogP contribution in [0.4, 0.5) is 28.9 Å². The maximum atomic E-state index is 15.2. The molecule has 2 aliphatic rings. The standard InChI is InChI=1S/C29H29F4N9/c1-16-5-6-20(26(30)38-16)25(22-14-42(41-40-22)28(7-8-28)29(31,32)33)39-19-9-17(11-34)23-21(10-19)24(18(12-35)13-36-23)37-15-27(2,3)4/h5-6,9-10,13-14,25,39-41H,7-8,15H2,1-4H3,(H,36,37)/t25-/m0/s1. The minimum absolute atomic E-state index is 0.0773. The monoisotopic (exact) mass is 579 g/mol. The zero-order valence-electron chi connectivity index (χ0n) is 23.4. The molecule has 3 heterocycles. The van der Waals surface area contributed by atoms with Crippen LogP contribution in [0.5, 0.6) is 0 Å². The van der Waals surface area contributed by atoms with Gasteiger partial charge in [0, 0.05) is 41.3 Å². The first-order valence-electron chi connectivity index (χ1n) is 13.3. The van der Waals surface area contributed by atoms with E-state index in [4.69, 9.17) is 0 Å². The second kappa shape index (κ2) is 10.3. The van der Waals surface area contributed by atoms with E-state index in [9.17, 15) is 23.7 Å². The first-order chi connectivity index (χ1) is 19.8. The lowest BCUT2D eigenvalue weighted by molar-refractivity contribution is -0.195. The molecule has 1 aromatic carbocycles. The van der Waals surface area contributed by atoms with Crippen molar-refractivity contribution in [1.29, 1.82) is 10.5 Å². The summed E-state index contributed by atoms with van der Waals surface area (Å²) < 4.78 is 56.7. The average molecular weight is 580 g/mol. The van der Waals surface area contributed by atoms with Crippen molar-refractivity contribution in [3.8, 4) is 12.1 Å². The van der Waals surface area contributed by atoms with Crippen LogP contribution in [0, 0.1) is 40.9 Å². The van der Waals surface area contributed by atoms with Crippen LogP contribution < -0.4 is 21.6 Å². The number of alkyl halides is 3. The lowest BCUT2D eigenvalue weighted by atomic mass is 9.96. The van der Waals surface area contributed by atoms with Crippen molar-refractivity contribution >= 4 is 22.3 Å². The Morgan fingerprint density at radius 2 is 1.83 bits per heavy atom. The van der Waals surface area contributed by atoms with Crippen molar-refractivity contribution in [2.45, 2.75) is 58.3 Å². The molecule has 0 unspecified atom stereocenters. The van der Waals surface area contributed by atoms with Crippen molar-refractivity contribution in [3.05, 3.63) is 70.7 Å². The molecule has 42 heavy (non-hydrogen) atoms. The normalized spacial score (nSPS) is 16.7. The van der Waals surface area contributed by atoms with Gasteiger partial charge in [0.25, 0.3) is 0 Å². The Labute approximate surface area is 240 Å². The van der Waals surface area contributed by atoms with Gasteiger partial charge in [-0.25, -0.2) is 4.98 Å². The summed E-state index contributed by atoms with van der Waals surface area (Å²) in [5.41, 5.74) is 5.55. The Hall–Kier alpha value is -4.62. The Morgan fingerprint density at radius 3 is 2.43 bits per heavy atom. The van der Waals surface area contributed by atoms with Crippen molar-refractivity contribution in [2.75, 3.05) is 17.2 Å². The molecule has 1 saturated carbocycles. The second-order valence-electron chi connectivity index (χ2n) is 11.7. The number of hydrogen-bond acceptors (Lipinski definition) is 9. The number of fused-ring (bicyclic) bond motifs is 1. The predicted molar refractivity (Wildman–Crippen MR) is 149 cm³/mol. The molecule has 1 aliphatic carbocycles. The minimum atomic E-state index is -4.48. The third kappa shape index (κ3) is 5.35. The van der Waals surface area contributed by atoms with Crippen LogP contribution in [0.3, 0.4) is 0 Å². The summed E-state index contributed by atoms with van der Waals surface area (Å²) in [7, 11) is 0. The maximum Gasteiger partial charge on any atom is 0.413 e. The van der Waals surface area contributed by atoms with Gasteiger partial charge in [-0.1, -0.05) is 26.8 Å². The van der Waals surface area contributed by atoms with Crippen LogP contribution >= 0.6 is 0 Å². The van der Waals surface area contributed by atoms with E-state index in [1.807, 2.05) is 20.8 Å².